The summed E-state index contributed by atoms with van der Waals surface area (Å²) in [5.74, 6) is 0.676. The molecule has 14 rings (SSSR count). The minimum Gasteiger partial charge on any atom is -0.310 e. The number of anilines is 3. The Labute approximate surface area is 401 Å². The zero-order valence-corrected chi connectivity index (χ0v) is 39.3. The van der Waals surface area contributed by atoms with Crippen molar-refractivity contribution in [2.45, 2.75) is 57.3 Å². The highest BCUT2D eigenvalue weighted by molar-refractivity contribution is 7.25. The SMILES string of the molecule is CC1(C)c2ccccc2-c2ccc(N(c3ccc4c(c3)sc3cc(C5CCCCC5)ccc34)c3ccc4ccccc4c3-c3cccc4c5ccccc5n(-c5ccc6ccccc6c5)c34)cc21. The number of nitrogens with zero attached hydrogens (tertiary/aromatic N) is 2. The third-order valence-electron chi connectivity index (χ3n) is 15.7. The first-order chi connectivity index (χ1) is 33.5. The number of fused-ring (bicyclic) bond motifs is 11. The van der Waals surface area contributed by atoms with Crippen LogP contribution in [0.25, 0.3) is 91.5 Å². The van der Waals surface area contributed by atoms with Crippen LogP contribution in [0.5, 0.6) is 0 Å². The van der Waals surface area contributed by atoms with E-state index in [1.807, 2.05) is 11.3 Å². The van der Waals surface area contributed by atoms with Crippen molar-refractivity contribution in [1.82, 2.24) is 4.57 Å². The second-order valence-electron chi connectivity index (χ2n) is 19.9. The Hall–Kier alpha value is -7.46. The van der Waals surface area contributed by atoms with Gasteiger partial charge in [0, 0.05) is 64.5 Å². The van der Waals surface area contributed by atoms with Crippen LogP contribution in [0, 0.1) is 0 Å². The fraction of sp³-hybridized carbons (Fsp3) is 0.138. The molecule has 0 bridgehead atoms. The first kappa shape index (κ1) is 39.7. The Morgan fingerprint density at radius 2 is 1.13 bits per heavy atom. The molecule has 2 aliphatic rings. The zero-order valence-electron chi connectivity index (χ0n) is 38.5. The molecular weight excluding hydrogens is 841 g/mol. The summed E-state index contributed by atoms with van der Waals surface area (Å²) in [7, 11) is 0. The lowest BCUT2D eigenvalue weighted by molar-refractivity contribution is 0.444. The normalized spacial score (nSPS) is 14.7. The Bertz CT molecular complexity index is 4010. The largest absolute Gasteiger partial charge is 0.310 e. The summed E-state index contributed by atoms with van der Waals surface area (Å²) >= 11 is 1.95. The molecule has 68 heavy (non-hydrogen) atoms. The molecule has 3 heteroatoms. The van der Waals surface area contributed by atoms with E-state index in [2.05, 4.69) is 224 Å². The quantitative estimate of drug-likeness (QED) is 0.161. The topological polar surface area (TPSA) is 8.17 Å². The fourth-order valence-electron chi connectivity index (χ4n) is 12.4. The molecular formula is C65H50N2S. The predicted molar refractivity (Wildman–Crippen MR) is 292 cm³/mol. The maximum atomic E-state index is 2.57. The molecule has 0 atom stereocenters. The van der Waals surface area contributed by atoms with Crippen molar-refractivity contribution in [3.63, 3.8) is 0 Å². The van der Waals surface area contributed by atoms with E-state index in [4.69, 9.17) is 0 Å². The standard InChI is InChI=1S/C65H50N2S/c1-65(2)57-25-12-10-21-50(57)51-34-31-47(39-58(51)65)66(48-32-35-54-53-33-28-45(41-15-4-3-5-16-41)38-61(53)68-62(54)40-48)60-36-29-43-18-8-9-20-49(43)63(60)56-24-14-23-55-52-22-11-13-26-59(52)67(64(55)56)46-30-27-42-17-6-7-19-44(42)37-46/h6-14,17-41H,3-5,15-16H2,1-2H3. The van der Waals surface area contributed by atoms with Gasteiger partial charge in [-0.05, 0) is 123 Å². The lowest BCUT2D eigenvalue weighted by Gasteiger charge is -2.30. The van der Waals surface area contributed by atoms with Crippen LogP contribution in [-0.4, -0.2) is 4.57 Å². The molecule has 0 amide bonds. The average molecular weight is 891 g/mol. The van der Waals surface area contributed by atoms with Crippen molar-refractivity contribution < 1.29 is 0 Å². The molecule has 0 spiro atoms. The van der Waals surface area contributed by atoms with Gasteiger partial charge in [-0.2, -0.15) is 0 Å². The van der Waals surface area contributed by atoms with Crippen LogP contribution in [-0.2, 0) is 5.41 Å². The molecule has 2 aliphatic carbocycles. The van der Waals surface area contributed by atoms with Gasteiger partial charge in [0.05, 0.1) is 16.7 Å². The maximum absolute atomic E-state index is 2.57. The van der Waals surface area contributed by atoms with Gasteiger partial charge in [-0.15, -0.1) is 11.3 Å². The van der Waals surface area contributed by atoms with E-state index in [9.17, 15) is 0 Å². The number of aromatic nitrogens is 1. The van der Waals surface area contributed by atoms with Gasteiger partial charge in [-0.25, -0.2) is 0 Å². The molecule has 0 saturated heterocycles. The third-order valence-corrected chi connectivity index (χ3v) is 16.9. The summed E-state index contributed by atoms with van der Waals surface area (Å²) in [6.45, 7) is 4.79. The molecule has 0 radical (unpaired) electrons. The van der Waals surface area contributed by atoms with Crippen LogP contribution in [0.4, 0.5) is 17.1 Å². The summed E-state index contributed by atoms with van der Waals surface area (Å²) in [6.07, 6.45) is 6.68. The molecule has 0 aliphatic heterocycles. The van der Waals surface area contributed by atoms with E-state index in [0.29, 0.717) is 5.92 Å². The van der Waals surface area contributed by atoms with Gasteiger partial charge in [0.2, 0.25) is 0 Å². The highest BCUT2D eigenvalue weighted by atomic mass is 32.1. The molecule has 1 saturated carbocycles. The van der Waals surface area contributed by atoms with Crippen LogP contribution in [0.1, 0.15) is 68.6 Å². The van der Waals surface area contributed by atoms with Crippen molar-refractivity contribution in [3.05, 3.63) is 217 Å². The zero-order chi connectivity index (χ0) is 45.1. The average Bonchev–Trinajstić information content (AvgIpc) is 4.01. The summed E-state index contributed by atoms with van der Waals surface area (Å²) in [5, 5.41) is 10.1. The van der Waals surface area contributed by atoms with Crippen LogP contribution in [0.15, 0.2) is 200 Å². The number of benzene rings is 10. The second kappa shape index (κ2) is 15.3. The first-order valence-corrected chi connectivity index (χ1v) is 25.3. The van der Waals surface area contributed by atoms with E-state index < -0.39 is 0 Å². The van der Waals surface area contributed by atoms with Crippen LogP contribution in [0.3, 0.4) is 0 Å². The van der Waals surface area contributed by atoms with E-state index in [1.54, 1.807) is 0 Å². The number of para-hydroxylation sites is 2. The van der Waals surface area contributed by atoms with Crippen molar-refractivity contribution in [1.29, 1.82) is 0 Å². The number of hydrogen-bond acceptors (Lipinski definition) is 2. The van der Waals surface area contributed by atoms with Crippen LogP contribution in [0.2, 0.25) is 0 Å². The molecule has 2 heterocycles. The van der Waals surface area contributed by atoms with Gasteiger partial charge in [-0.3, -0.25) is 0 Å². The highest BCUT2D eigenvalue weighted by Gasteiger charge is 2.36. The van der Waals surface area contributed by atoms with Crippen molar-refractivity contribution >= 4 is 91.9 Å². The number of thiophene rings is 1. The summed E-state index contributed by atoms with van der Waals surface area (Å²) in [4.78, 5) is 2.57. The first-order valence-electron chi connectivity index (χ1n) is 24.5. The van der Waals surface area contributed by atoms with Gasteiger partial charge in [0.1, 0.15) is 0 Å². The highest BCUT2D eigenvalue weighted by Crippen LogP contribution is 2.53. The predicted octanol–water partition coefficient (Wildman–Crippen LogP) is 18.9. The molecule has 1 fully saturated rings. The lowest BCUT2D eigenvalue weighted by Crippen LogP contribution is -2.17. The van der Waals surface area contributed by atoms with Crippen LogP contribution < -0.4 is 4.90 Å². The fourth-order valence-corrected chi connectivity index (χ4v) is 13.6. The number of hydrogen-bond donors (Lipinski definition) is 0. The van der Waals surface area contributed by atoms with Gasteiger partial charge in [0.25, 0.3) is 0 Å². The second-order valence-corrected chi connectivity index (χ2v) is 21.0. The van der Waals surface area contributed by atoms with E-state index in [-0.39, 0.29) is 5.41 Å². The van der Waals surface area contributed by atoms with Crippen molar-refractivity contribution in [2.75, 3.05) is 4.90 Å². The third kappa shape index (κ3) is 6.01. The lowest BCUT2D eigenvalue weighted by atomic mass is 9.82. The summed E-state index contributed by atoms with van der Waals surface area (Å²) in [5.41, 5.74) is 16.2. The molecule has 2 aromatic heterocycles. The van der Waals surface area contributed by atoms with Crippen molar-refractivity contribution in [3.8, 4) is 27.9 Å². The van der Waals surface area contributed by atoms with Gasteiger partial charge >= 0.3 is 0 Å². The number of rotatable bonds is 6. The van der Waals surface area contributed by atoms with Gasteiger partial charge in [-0.1, -0.05) is 179 Å². The molecule has 2 nitrogen and oxygen atoms in total. The Morgan fingerprint density at radius 1 is 0.471 bits per heavy atom. The summed E-state index contributed by atoms with van der Waals surface area (Å²) < 4.78 is 5.23. The van der Waals surface area contributed by atoms with E-state index in [1.165, 1.54) is 135 Å². The minimum absolute atomic E-state index is 0.155. The Morgan fingerprint density at radius 3 is 2.01 bits per heavy atom. The Balaban J connectivity index is 1.05. The molecule has 0 unspecified atom stereocenters. The van der Waals surface area contributed by atoms with Gasteiger partial charge < -0.3 is 9.47 Å². The maximum Gasteiger partial charge on any atom is 0.0620 e. The molecule has 0 N–H and O–H groups in total. The van der Waals surface area contributed by atoms with Crippen LogP contribution >= 0.6 is 11.3 Å². The Kier molecular flexibility index (Phi) is 8.92. The molecule has 10 aromatic carbocycles. The van der Waals surface area contributed by atoms with E-state index in [0.717, 1.165) is 22.7 Å². The minimum atomic E-state index is -0.155. The summed E-state index contributed by atoms with van der Waals surface area (Å²) in [6, 6.07) is 76.0. The molecule has 12 aromatic rings. The van der Waals surface area contributed by atoms with Crippen molar-refractivity contribution in [2.24, 2.45) is 0 Å². The smallest absolute Gasteiger partial charge is 0.0620 e. The van der Waals surface area contributed by atoms with E-state index >= 15 is 0 Å². The monoisotopic (exact) mass is 890 g/mol. The molecule has 326 valence electrons. The van der Waals surface area contributed by atoms with Gasteiger partial charge in [0.15, 0.2) is 0 Å².